The highest BCUT2D eigenvalue weighted by atomic mass is 19.4. The molecule has 1 rings (SSSR count). The predicted molar refractivity (Wildman–Crippen MR) is 52.0 cm³/mol. The molecule has 0 bridgehead atoms. The number of halogens is 8. The van der Waals surface area contributed by atoms with Crippen LogP contribution in [0.3, 0.4) is 0 Å². The van der Waals surface area contributed by atoms with E-state index in [0.717, 1.165) is 0 Å². The first kappa shape index (κ1) is 16.5. The Hall–Kier alpha value is -1.55. The maximum Gasteiger partial charge on any atom is 0.459 e. The number of nitrogens with zero attached hydrogens (tertiary/aromatic N) is 2. The molecule has 0 aromatic carbocycles. The standard InChI is InChI=1S/C9H9F8N3/c1-3(2)20-6(18)4(8(12,13)14)5(19-20)7(10,11)9(15,16)17/h3H,18H2,1-2H3. The summed E-state index contributed by atoms with van der Waals surface area (Å²) in [5.74, 6) is -7.04. The van der Waals surface area contributed by atoms with Crippen LogP contribution in [-0.2, 0) is 12.1 Å². The first-order valence-electron chi connectivity index (χ1n) is 5.11. The SMILES string of the molecule is CC(C)n1nc(C(F)(F)C(F)(F)F)c(C(F)(F)F)c1N. The molecule has 0 aliphatic heterocycles. The molecule has 0 amide bonds. The molecular weight excluding hydrogens is 302 g/mol. The lowest BCUT2D eigenvalue weighted by Crippen LogP contribution is -2.36. The van der Waals surface area contributed by atoms with Crippen molar-refractivity contribution in [3.05, 3.63) is 11.3 Å². The van der Waals surface area contributed by atoms with Crippen molar-refractivity contribution in [1.29, 1.82) is 0 Å². The van der Waals surface area contributed by atoms with Crippen LogP contribution in [0.1, 0.15) is 31.1 Å². The largest absolute Gasteiger partial charge is 0.459 e. The van der Waals surface area contributed by atoms with Gasteiger partial charge in [-0.3, -0.25) is 0 Å². The van der Waals surface area contributed by atoms with E-state index in [4.69, 9.17) is 5.73 Å². The lowest BCUT2D eigenvalue weighted by molar-refractivity contribution is -0.292. The summed E-state index contributed by atoms with van der Waals surface area (Å²) in [4.78, 5) is 0. The third-order valence-electron chi connectivity index (χ3n) is 2.37. The Balaban J connectivity index is 3.67. The fraction of sp³-hybridized carbons (Fsp3) is 0.667. The van der Waals surface area contributed by atoms with E-state index in [1.807, 2.05) is 0 Å². The van der Waals surface area contributed by atoms with Gasteiger partial charge in [0.15, 0.2) is 5.69 Å². The van der Waals surface area contributed by atoms with Gasteiger partial charge in [0.2, 0.25) is 0 Å². The Bertz CT molecular complexity index is 497. The van der Waals surface area contributed by atoms with Gasteiger partial charge in [0.1, 0.15) is 11.4 Å². The number of nitrogens with two attached hydrogens (primary N) is 1. The van der Waals surface area contributed by atoms with E-state index in [0.29, 0.717) is 0 Å². The second-order valence-electron chi connectivity index (χ2n) is 4.22. The van der Waals surface area contributed by atoms with Gasteiger partial charge in [0.25, 0.3) is 0 Å². The normalized spacial score (nSPS) is 14.2. The van der Waals surface area contributed by atoms with E-state index < -0.39 is 41.4 Å². The number of nitrogen functional groups attached to an aromatic ring is 1. The topological polar surface area (TPSA) is 43.8 Å². The van der Waals surface area contributed by atoms with Crippen LogP contribution in [0.5, 0.6) is 0 Å². The zero-order chi connectivity index (χ0) is 16.1. The van der Waals surface area contributed by atoms with Crippen molar-refractivity contribution in [3.8, 4) is 0 Å². The maximum absolute atomic E-state index is 13.2. The third kappa shape index (κ3) is 2.52. The molecule has 2 N–H and O–H groups in total. The minimum atomic E-state index is -6.21. The van der Waals surface area contributed by atoms with Crippen LogP contribution in [0.25, 0.3) is 0 Å². The molecule has 0 saturated carbocycles. The fourth-order valence-electron chi connectivity index (χ4n) is 1.47. The monoisotopic (exact) mass is 311 g/mol. The van der Waals surface area contributed by atoms with Crippen LogP contribution in [0.4, 0.5) is 40.9 Å². The van der Waals surface area contributed by atoms with Gasteiger partial charge >= 0.3 is 18.3 Å². The van der Waals surface area contributed by atoms with E-state index in [1.165, 1.54) is 13.8 Å². The van der Waals surface area contributed by atoms with Crippen molar-refractivity contribution < 1.29 is 35.1 Å². The fourth-order valence-corrected chi connectivity index (χ4v) is 1.47. The van der Waals surface area contributed by atoms with Gasteiger partial charge < -0.3 is 5.73 Å². The molecule has 0 unspecified atom stereocenters. The molecule has 1 aromatic rings. The average Bonchev–Trinajstić information content (AvgIpc) is 2.53. The molecule has 0 spiro atoms. The van der Waals surface area contributed by atoms with Crippen molar-refractivity contribution in [2.24, 2.45) is 0 Å². The lowest BCUT2D eigenvalue weighted by Gasteiger charge is -2.19. The minimum absolute atomic E-state index is 0.276. The molecule has 11 heteroatoms. The minimum Gasteiger partial charge on any atom is -0.383 e. The molecule has 0 aliphatic carbocycles. The van der Waals surface area contributed by atoms with Gasteiger partial charge in [-0.05, 0) is 13.8 Å². The molecule has 0 atom stereocenters. The summed E-state index contributed by atoms with van der Waals surface area (Å²) >= 11 is 0. The zero-order valence-corrected chi connectivity index (χ0v) is 10.1. The van der Waals surface area contributed by atoms with Crippen LogP contribution in [-0.4, -0.2) is 16.0 Å². The van der Waals surface area contributed by atoms with E-state index in [1.54, 1.807) is 0 Å². The Morgan fingerprint density at radius 1 is 1.00 bits per heavy atom. The van der Waals surface area contributed by atoms with Crippen molar-refractivity contribution >= 4 is 5.82 Å². The Labute approximate surface area is 107 Å². The smallest absolute Gasteiger partial charge is 0.383 e. The number of rotatable bonds is 2. The summed E-state index contributed by atoms with van der Waals surface area (Å²) in [6, 6.07) is -0.922. The molecule has 20 heavy (non-hydrogen) atoms. The second-order valence-corrected chi connectivity index (χ2v) is 4.22. The average molecular weight is 311 g/mol. The first-order chi connectivity index (χ1) is 8.71. The van der Waals surface area contributed by atoms with Gasteiger partial charge in [0, 0.05) is 6.04 Å². The highest BCUT2D eigenvalue weighted by molar-refractivity contribution is 5.48. The van der Waals surface area contributed by atoms with Gasteiger partial charge in [0.05, 0.1) is 0 Å². The Kier molecular flexibility index (Phi) is 3.70. The highest BCUT2D eigenvalue weighted by Crippen LogP contribution is 2.49. The number of aromatic nitrogens is 2. The lowest BCUT2D eigenvalue weighted by atomic mass is 10.1. The van der Waals surface area contributed by atoms with Crippen molar-refractivity contribution in [3.63, 3.8) is 0 Å². The predicted octanol–water partition coefficient (Wildman–Crippen LogP) is 3.72. The number of hydrogen-bond donors (Lipinski definition) is 1. The summed E-state index contributed by atoms with van der Waals surface area (Å²) in [6.07, 6.45) is -11.7. The van der Waals surface area contributed by atoms with Crippen LogP contribution >= 0.6 is 0 Å². The molecule has 0 aliphatic rings. The van der Waals surface area contributed by atoms with Crippen LogP contribution < -0.4 is 5.73 Å². The molecule has 0 saturated heterocycles. The van der Waals surface area contributed by atoms with Crippen LogP contribution in [0, 0.1) is 0 Å². The molecule has 1 aromatic heterocycles. The van der Waals surface area contributed by atoms with Gasteiger partial charge in [-0.25, -0.2) is 4.68 Å². The van der Waals surface area contributed by atoms with E-state index in [9.17, 15) is 35.1 Å². The Morgan fingerprint density at radius 2 is 1.45 bits per heavy atom. The van der Waals surface area contributed by atoms with E-state index in [2.05, 4.69) is 5.10 Å². The summed E-state index contributed by atoms with van der Waals surface area (Å²) in [5, 5.41) is 2.72. The zero-order valence-electron chi connectivity index (χ0n) is 10.1. The van der Waals surface area contributed by atoms with Gasteiger partial charge in [-0.15, -0.1) is 0 Å². The van der Waals surface area contributed by atoms with Crippen LogP contribution in [0.2, 0.25) is 0 Å². The summed E-state index contributed by atoms with van der Waals surface area (Å²) in [7, 11) is 0. The van der Waals surface area contributed by atoms with Crippen molar-refractivity contribution in [2.45, 2.75) is 38.2 Å². The summed E-state index contributed by atoms with van der Waals surface area (Å²) < 4.78 is 101. The molecule has 3 nitrogen and oxygen atoms in total. The molecule has 116 valence electrons. The number of alkyl halides is 8. The first-order valence-corrected chi connectivity index (χ1v) is 5.11. The van der Waals surface area contributed by atoms with Gasteiger partial charge in [-0.1, -0.05) is 0 Å². The molecular formula is C9H9F8N3. The van der Waals surface area contributed by atoms with E-state index in [-0.39, 0.29) is 4.68 Å². The summed E-state index contributed by atoms with van der Waals surface area (Å²) in [5.41, 5.74) is 0.300. The number of anilines is 1. The van der Waals surface area contributed by atoms with E-state index >= 15 is 0 Å². The third-order valence-corrected chi connectivity index (χ3v) is 2.37. The van der Waals surface area contributed by atoms with Crippen molar-refractivity contribution in [1.82, 2.24) is 9.78 Å². The molecule has 1 heterocycles. The second kappa shape index (κ2) is 4.48. The quantitative estimate of drug-likeness (QED) is 0.846. The van der Waals surface area contributed by atoms with Gasteiger partial charge in [-0.2, -0.15) is 40.2 Å². The maximum atomic E-state index is 13.2. The molecule has 0 radical (unpaired) electrons. The van der Waals surface area contributed by atoms with Crippen molar-refractivity contribution in [2.75, 3.05) is 5.73 Å². The summed E-state index contributed by atoms with van der Waals surface area (Å²) in [6.45, 7) is 2.47. The molecule has 0 fully saturated rings. The Morgan fingerprint density at radius 3 is 1.75 bits per heavy atom. The van der Waals surface area contributed by atoms with Crippen LogP contribution in [0.15, 0.2) is 0 Å². The number of hydrogen-bond acceptors (Lipinski definition) is 2. The highest BCUT2D eigenvalue weighted by Gasteiger charge is 2.64.